The van der Waals surface area contributed by atoms with Gasteiger partial charge in [0.05, 0.1) is 13.2 Å². The van der Waals surface area contributed by atoms with Crippen LogP contribution in [0.5, 0.6) is 0 Å². The predicted octanol–water partition coefficient (Wildman–Crippen LogP) is 2.39. The molecule has 5 radical (unpaired) electrons. The van der Waals surface area contributed by atoms with Crippen LogP contribution in [-0.2, 0) is 14.3 Å². The summed E-state index contributed by atoms with van der Waals surface area (Å²) in [5, 5.41) is 7.03. The van der Waals surface area contributed by atoms with E-state index in [1.165, 1.54) is 6.92 Å². The minimum Gasteiger partial charge on any atom is -0.464 e. The molecule has 2 aromatic rings. The Morgan fingerprint density at radius 2 is 1.69 bits per heavy atom. The molecule has 0 saturated heterocycles. The van der Waals surface area contributed by atoms with E-state index < -0.39 is 17.9 Å². The average Bonchev–Trinajstić information content (AvgIpc) is 3.26. The zero-order valence-corrected chi connectivity index (χ0v) is 16.4. The van der Waals surface area contributed by atoms with E-state index in [1.807, 2.05) is 31.0 Å². The van der Waals surface area contributed by atoms with E-state index in [-0.39, 0.29) is 19.1 Å². The van der Waals surface area contributed by atoms with Crippen LogP contribution in [0.15, 0.2) is 36.4 Å². The third-order valence-corrected chi connectivity index (χ3v) is 4.53. The summed E-state index contributed by atoms with van der Waals surface area (Å²) in [6.07, 6.45) is 8.10. The Morgan fingerprint density at radius 3 is 2.41 bits per heavy atom. The molecule has 1 atom stereocenters. The highest BCUT2D eigenvalue weighted by atomic mass is 16.5. The lowest BCUT2D eigenvalue weighted by atomic mass is 9.94. The predicted molar refractivity (Wildman–Crippen MR) is 110 cm³/mol. The van der Waals surface area contributed by atoms with E-state index >= 15 is 0 Å². The quantitative estimate of drug-likeness (QED) is 0.710. The molecule has 1 aliphatic rings. The highest BCUT2D eigenvalue weighted by molar-refractivity contribution is 6.00. The van der Waals surface area contributed by atoms with Crippen LogP contribution in [0, 0.1) is 31.6 Å². The third-order valence-electron chi connectivity index (χ3n) is 4.53. The maximum absolute atomic E-state index is 12.4. The number of esters is 1. The summed E-state index contributed by atoms with van der Waals surface area (Å²) in [5.41, 5.74) is 1.58. The van der Waals surface area contributed by atoms with Gasteiger partial charge < -0.3 is 15.4 Å². The summed E-state index contributed by atoms with van der Waals surface area (Å²) >= 11 is 0. The van der Waals surface area contributed by atoms with E-state index in [9.17, 15) is 14.4 Å². The molecule has 0 unspecified atom stereocenters. The van der Waals surface area contributed by atoms with Gasteiger partial charge in [0.15, 0.2) is 0 Å². The second-order valence-corrected chi connectivity index (χ2v) is 6.67. The average molecular weight is 391 g/mol. The fourth-order valence-corrected chi connectivity index (χ4v) is 3.01. The van der Waals surface area contributed by atoms with Gasteiger partial charge in [0.25, 0.3) is 5.91 Å². The van der Waals surface area contributed by atoms with Crippen LogP contribution in [0.3, 0.4) is 0 Å². The maximum atomic E-state index is 12.4. The number of carbonyl (C=O) groups excluding carboxylic acids is 3. The Kier molecular flexibility index (Phi) is 6.86. The first-order valence-electron chi connectivity index (χ1n) is 9.48. The van der Waals surface area contributed by atoms with Crippen LogP contribution >= 0.6 is 0 Å². The van der Waals surface area contributed by atoms with Crippen molar-refractivity contribution in [3.8, 4) is 0 Å². The van der Waals surface area contributed by atoms with Gasteiger partial charge in [0.1, 0.15) is 6.04 Å². The first-order chi connectivity index (χ1) is 14.0. The van der Waals surface area contributed by atoms with E-state index in [1.54, 1.807) is 19.1 Å². The summed E-state index contributed by atoms with van der Waals surface area (Å²) in [6.45, 7) is 3.24. The van der Waals surface area contributed by atoms with Crippen molar-refractivity contribution in [2.45, 2.75) is 19.9 Å². The fourth-order valence-electron chi connectivity index (χ4n) is 3.01. The van der Waals surface area contributed by atoms with Crippen molar-refractivity contribution in [2.75, 3.05) is 13.2 Å². The summed E-state index contributed by atoms with van der Waals surface area (Å²) in [6, 6.07) is 10.7. The lowest BCUT2D eigenvalue weighted by Crippen LogP contribution is -2.44. The van der Waals surface area contributed by atoms with Crippen LogP contribution in [0.2, 0.25) is 0 Å². The molecule has 0 aliphatic heterocycles. The molecule has 0 aromatic heterocycles. The van der Waals surface area contributed by atoms with Crippen LogP contribution in [0.25, 0.3) is 10.8 Å². The van der Waals surface area contributed by atoms with E-state index in [0.717, 1.165) is 22.3 Å². The normalized spacial score (nSPS) is 15.1. The number of ether oxygens (including phenoxy) is 1. The van der Waals surface area contributed by atoms with Crippen LogP contribution in [0.4, 0.5) is 0 Å². The summed E-state index contributed by atoms with van der Waals surface area (Å²) in [7, 11) is 0. The van der Waals surface area contributed by atoms with Gasteiger partial charge >= 0.3 is 5.97 Å². The fraction of sp³-hybridized carbons (Fsp3) is 0.217. The van der Waals surface area contributed by atoms with E-state index in [2.05, 4.69) is 29.5 Å². The Hall–Kier alpha value is -2.89. The molecule has 3 rings (SSSR count). The lowest BCUT2D eigenvalue weighted by Gasteiger charge is -2.13. The Bertz CT molecular complexity index is 903. The number of hydrogen-bond acceptors (Lipinski definition) is 4. The molecule has 2 aromatic carbocycles. The number of fused-ring (bicyclic) bond motifs is 1. The number of benzene rings is 2. The molecule has 2 N–H and O–H groups in total. The van der Waals surface area contributed by atoms with Crippen molar-refractivity contribution in [3.05, 3.63) is 79.1 Å². The molecule has 6 nitrogen and oxygen atoms in total. The van der Waals surface area contributed by atoms with Crippen molar-refractivity contribution in [1.82, 2.24) is 10.6 Å². The monoisotopic (exact) mass is 391 g/mol. The number of rotatable bonds is 7. The van der Waals surface area contributed by atoms with Gasteiger partial charge in [-0.1, -0.05) is 24.3 Å². The summed E-state index contributed by atoms with van der Waals surface area (Å²) in [4.78, 5) is 35.8. The van der Waals surface area contributed by atoms with Crippen LogP contribution in [-0.4, -0.2) is 37.0 Å². The van der Waals surface area contributed by atoms with Crippen molar-refractivity contribution in [1.29, 1.82) is 0 Å². The summed E-state index contributed by atoms with van der Waals surface area (Å²) < 4.78 is 4.83. The van der Waals surface area contributed by atoms with Gasteiger partial charge in [0, 0.05) is 11.5 Å². The van der Waals surface area contributed by atoms with Crippen molar-refractivity contribution in [2.24, 2.45) is 0 Å². The van der Waals surface area contributed by atoms with Crippen molar-refractivity contribution >= 4 is 28.6 Å². The highest BCUT2D eigenvalue weighted by Gasteiger charge is 2.19. The van der Waals surface area contributed by atoms with Gasteiger partial charge in [-0.05, 0) is 68.0 Å². The molecule has 149 valence electrons. The largest absolute Gasteiger partial charge is 0.464 e. The molecule has 0 bridgehead atoms. The topological polar surface area (TPSA) is 84.5 Å². The Morgan fingerprint density at radius 1 is 1.00 bits per heavy atom. The SMILES string of the molecule is CCOC(=O)[C@H](C)NC(=O)CNC(=O)c1ccc2cc([C]3[CH][CH][CH][CH]3)ccc2c1. The smallest absolute Gasteiger partial charge is 0.328 e. The molecule has 1 saturated carbocycles. The van der Waals surface area contributed by atoms with Gasteiger partial charge in [-0.2, -0.15) is 0 Å². The standard InChI is InChI=1S/C23H23N2O4/c1-3-29-23(28)15(2)25-21(26)14-24-22(27)20-11-10-18-12-17(8-9-19(18)13-20)16-6-4-5-7-16/h4-13,15H,3,14H2,1-2H3,(H,24,27)(H,25,26)/t15-/m0/s1. The second kappa shape index (κ2) is 9.54. The minimum atomic E-state index is -0.767. The molecule has 0 heterocycles. The van der Waals surface area contributed by atoms with Crippen LogP contribution < -0.4 is 10.6 Å². The van der Waals surface area contributed by atoms with E-state index in [0.29, 0.717) is 5.56 Å². The van der Waals surface area contributed by atoms with Crippen molar-refractivity contribution in [3.63, 3.8) is 0 Å². The van der Waals surface area contributed by atoms with Gasteiger partial charge in [-0.15, -0.1) is 0 Å². The Labute approximate surface area is 171 Å². The first kappa shape index (κ1) is 20.8. The van der Waals surface area contributed by atoms with Crippen molar-refractivity contribution < 1.29 is 19.1 Å². The molecular weight excluding hydrogens is 368 g/mol. The molecule has 6 heteroatoms. The minimum absolute atomic E-state index is 0.226. The maximum Gasteiger partial charge on any atom is 0.328 e. The molecule has 1 fully saturated rings. The first-order valence-corrected chi connectivity index (χ1v) is 9.48. The van der Waals surface area contributed by atoms with Crippen LogP contribution in [0.1, 0.15) is 29.8 Å². The van der Waals surface area contributed by atoms with Gasteiger partial charge in [-0.3, -0.25) is 9.59 Å². The lowest BCUT2D eigenvalue weighted by molar-refractivity contribution is -0.146. The highest BCUT2D eigenvalue weighted by Crippen LogP contribution is 2.31. The molecule has 0 spiro atoms. The number of carbonyl (C=O) groups is 3. The number of nitrogens with one attached hydrogen (secondary N) is 2. The Balaban J connectivity index is 1.58. The number of hydrogen-bond donors (Lipinski definition) is 2. The third kappa shape index (κ3) is 5.34. The van der Waals surface area contributed by atoms with Gasteiger partial charge in [0.2, 0.25) is 5.91 Å². The molecule has 29 heavy (non-hydrogen) atoms. The zero-order chi connectivity index (χ0) is 20.8. The number of amides is 2. The van der Waals surface area contributed by atoms with E-state index in [4.69, 9.17) is 4.74 Å². The van der Waals surface area contributed by atoms with Gasteiger partial charge in [-0.25, -0.2) is 4.79 Å². The molecular formula is C23H23N2O4. The molecule has 2 amide bonds. The zero-order valence-electron chi connectivity index (χ0n) is 16.4. The molecule has 1 aliphatic carbocycles. The second-order valence-electron chi connectivity index (χ2n) is 6.67. The summed E-state index contributed by atoms with van der Waals surface area (Å²) in [5.74, 6) is -0.176.